The monoisotopic (exact) mass is 468 g/mol. The van der Waals surface area contributed by atoms with E-state index in [1.54, 1.807) is 11.3 Å². The fraction of sp³-hybridized carbons (Fsp3) is 0.364. The van der Waals surface area contributed by atoms with E-state index in [2.05, 4.69) is 21.2 Å². The molecule has 1 aliphatic rings. The van der Waals surface area contributed by atoms with E-state index in [4.69, 9.17) is 15.6 Å². The summed E-state index contributed by atoms with van der Waals surface area (Å²) >= 11 is 3.03. The van der Waals surface area contributed by atoms with Gasteiger partial charge >= 0.3 is 0 Å². The number of benzene rings is 1. The number of thioether (sulfide) groups is 1. The van der Waals surface area contributed by atoms with Crippen LogP contribution in [0.1, 0.15) is 46.1 Å². The maximum absolute atomic E-state index is 12.7. The minimum atomic E-state index is -0.0539. The van der Waals surface area contributed by atoms with Gasteiger partial charge in [-0.05, 0) is 56.7 Å². The number of nitrogens with one attached hydrogen (secondary N) is 1. The molecule has 0 unspecified atom stereocenters. The number of aromatic nitrogens is 5. The van der Waals surface area contributed by atoms with Crippen LogP contribution in [0.25, 0.3) is 10.2 Å². The van der Waals surface area contributed by atoms with Gasteiger partial charge in [-0.2, -0.15) is 0 Å². The second-order valence-corrected chi connectivity index (χ2v) is 10.0. The highest BCUT2D eigenvalue weighted by Gasteiger charge is 2.20. The zero-order chi connectivity index (χ0) is 22.2. The molecule has 0 bridgehead atoms. The van der Waals surface area contributed by atoms with Gasteiger partial charge in [0, 0.05) is 4.88 Å². The van der Waals surface area contributed by atoms with Crippen molar-refractivity contribution in [2.24, 2.45) is 0 Å². The fourth-order valence-electron chi connectivity index (χ4n) is 4.02. The van der Waals surface area contributed by atoms with Gasteiger partial charge in [0.2, 0.25) is 5.16 Å². The van der Waals surface area contributed by atoms with E-state index in [1.165, 1.54) is 38.9 Å². The SMILES string of the molecule is Cc1ccc(OCc2nnc(SCc3nc4sc5c(c4c(=O)[nH]3)CCCC5)n2N)c(C)c1. The molecule has 32 heavy (non-hydrogen) atoms. The fourth-order valence-corrected chi connectivity index (χ4v) is 6.04. The highest BCUT2D eigenvalue weighted by atomic mass is 32.2. The lowest BCUT2D eigenvalue weighted by Gasteiger charge is -2.09. The highest BCUT2D eigenvalue weighted by molar-refractivity contribution is 7.98. The summed E-state index contributed by atoms with van der Waals surface area (Å²) in [6.45, 7) is 4.27. The van der Waals surface area contributed by atoms with Gasteiger partial charge < -0.3 is 15.6 Å². The number of thiophene rings is 1. The first-order chi connectivity index (χ1) is 15.5. The Bertz CT molecular complexity index is 1360. The molecule has 0 radical (unpaired) electrons. The number of aryl methyl sites for hydroxylation is 4. The van der Waals surface area contributed by atoms with Crippen LogP contribution in [0.4, 0.5) is 0 Å². The van der Waals surface area contributed by atoms with Gasteiger partial charge in [0.15, 0.2) is 5.82 Å². The van der Waals surface area contributed by atoms with Crippen LogP contribution in [0.2, 0.25) is 0 Å². The first-order valence-electron chi connectivity index (χ1n) is 10.6. The predicted molar refractivity (Wildman–Crippen MR) is 127 cm³/mol. The average molecular weight is 469 g/mol. The Morgan fingerprint density at radius 1 is 1.25 bits per heavy atom. The Balaban J connectivity index is 1.29. The molecule has 1 aliphatic carbocycles. The maximum atomic E-state index is 12.7. The molecule has 0 saturated carbocycles. The van der Waals surface area contributed by atoms with Crippen molar-refractivity contribution >= 4 is 33.3 Å². The second-order valence-electron chi connectivity index (χ2n) is 8.02. The van der Waals surface area contributed by atoms with Crippen LogP contribution in [-0.4, -0.2) is 24.8 Å². The predicted octanol–water partition coefficient (Wildman–Crippen LogP) is 3.66. The van der Waals surface area contributed by atoms with Crippen LogP contribution in [0, 0.1) is 13.8 Å². The quantitative estimate of drug-likeness (QED) is 0.328. The number of nitrogen functional groups attached to an aromatic ring is 1. The number of nitrogens with two attached hydrogens (primary N) is 1. The number of aromatic amines is 1. The van der Waals surface area contributed by atoms with Crippen molar-refractivity contribution in [1.82, 2.24) is 24.8 Å². The molecular weight excluding hydrogens is 444 g/mol. The smallest absolute Gasteiger partial charge is 0.259 e. The molecule has 10 heteroatoms. The number of nitrogens with zero attached hydrogens (tertiary/aromatic N) is 4. The molecule has 5 rings (SSSR count). The van der Waals surface area contributed by atoms with Crippen LogP contribution in [0.15, 0.2) is 28.2 Å². The van der Waals surface area contributed by atoms with Gasteiger partial charge in [-0.25, -0.2) is 9.66 Å². The van der Waals surface area contributed by atoms with Crippen LogP contribution in [0.5, 0.6) is 5.75 Å². The van der Waals surface area contributed by atoms with E-state index < -0.39 is 0 Å². The summed E-state index contributed by atoms with van der Waals surface area (Å²) < 4.78 is 7.29. The van der Waals surface area contributed by atoms with Gasteiger partial charge in [-0.15, -0.1) is 21.5 Å². The number of rotatable bonds is 6. The summed E-state index contributed by atoms with van der Waals surface area (Å²) in [5.41, 5.74) is 3.38. The number of hydrogen-bond acceptors (Lipinski definition) is 8. The molecule has 3 aromatic heterocycles. The summed E-state index contributed by atoms with van der Waals surface area (Å²) in [5, 5.41) is 9.63. The van der Waals surface area contributed by atoms with E-state index in [-0.39, 0.29) is 12.2 Å². The van der Waals surface area contributed by atoms with Gasteiger partial charge in [0.05, 0.1) is 11.1 Å². The molecule has 0 amide bonds. The van der Waals surface area contributed by atoms with Crippen molar-refractivity contribution in [3.63, 3.8) is 0 Å². The Labute approximate surface area is 193 Å². The number of H-pyrrole nitrogens is 1. The summed E-state index contributed by atoms with van der Waals surface area (Å²) in [7, 11) is 0. The van der Waals surface area contributed by atoms with Crippen LogP contribution in [-0.2, 0) is 25.2 Å². The molecule has 1 aromatic carbocycles. The third-order valence-electron chi connectivity index (χ3n) is 5.63. The molecular formula is C22H24N6O2S2. The normalized spacial score (nSPS) is 13.4. The van der Waals surface area contributed by atoms with E-state index >= 15 is 0 Å². The molecule has 8 nitrogen and oxygen atoms in total. The lowest BCUT2D eigenvalue weighted by atomic mass is 9.97. The number of fused-ring (bicyclic) bond motifs is 3. The Morgan fingerprint density at radius 3 is 2.94 bits per heavy atom. The number of hydrogen-bond donors (Lipinski definition) is 2. The highest BCUT2D eigenvalue weighted by Crippen LogP contribution is 2.33. The molecule has 0 fully saturated rings. The summed E-state index contributed by atoms with van der Waals surface area (Å²) in [4.78, 5) is 22.5. The number of ether oxygens (including phenoxy) is 1. The Morgan fingerprint density at radius 2 is 2.09 bits per heavy atom. The largest absolute Gasteiger partial charge is 0.485 e. The molecule has 3 N–H and O–H groups in total. The van der Waals surface area contributed by atoms with Crippen LogP contribution < -0.4 is 16.1 Å². The lowest BCUT2D eigenvalue weighted by Crippen LogP contribution is -2.16. The molecule has 0 atom stereocenters. The minimum Gasteiger partial charge on any atom is -0.485 e. The molecule has 166 valence electrons. The standard InChI is InChI=1S/C22H24N6O2S2/c1-12-7-8-15(13(2)9-12)30-10-18-26-27-22(28(18)23)31-11-17-24-20(29)19-14-5-3-4-6-16(14)32-21(19)25-17/h7-9H,3-6,10-11,23H2,1-2H3,(H,24,25,29). The zero-order valence-corrected chi connectivity index (χ0v) is 19.6. The average Bonchev–Trinajstić information content (AvgIpc) is 3.32. The van der Waals surface area contributed by atoms with Crippen molar-refractivity contribution in [2.45, 2.75) is 57.0 Å². The summed E-state index contributed by atoms with van der Waals surface area (Å²) in [6, 6.07) is 6.02. The van der Waals surface area contributed by atoms with Crippen LogP contribution >= 0.6 is 23.1 Å². The van der Waals surface area contributed by atoms with Gasteiger partial charge in [-0.3, -0.25) is 4.79 Å². The van der Waals surface area contributed by atoms with Crippen molar-refractivity contribution in [2.75, 3.05) is 5.84 Å². The Kier molecular flexibility index (Phi) is 5.64. The van der Waals surface area contributed by atoms with Crippen molar-refractivity contribution < 1.29 is 4.74 Å². The molecule has 3 heterocycles. The van der Waals surface area contributed by atoms with Gasteiger partial charge in [0.1, 0.15) is 23.0 Å². The van der Waals surface area contributed by atoms with Crippen LogP contribution in [0.3, 0.4) is 0 Å². The maximum Gasteiger partial charge on any atom is 0.259 e. The molecule has 0 saturated heterocycles. The van der Waals surface area contributed by atoms with Gasteiger partial charge in [0.25, 0.3) is 5.56 Å². The summed E-state index contributed by atoms with van der Waals surface area (Å²) in [5.74, 6) is 8.56. The van der Waals surface area contributed by atoms with Crippen molar-refractivity contribution in [1.29, 1.82) is 0 Å². The third kappa shape index (κ3) is 4.00. The molecule has 0 spiro atoms. The zero-order valence-electron chi connectivity index (χ0n) is 18.0. The first kappa shape index (κ1) is 21.0. The summed E-state index contributed by atoms with van der Waals surface area (Å²) in [6.07, 6.45) is 4.33. The molecule has 4 aromatic rings. The second kappa shape index (κ2) is 8.59. The van der Waals surface area contributed by atoms with E-state index in [9.17, 15) is 4.79 Å². The first-order valence-corrected chi connectivity index (χ1v) is 12.4. The van der Waals surface area contributed by atoms with E-state index in [0.29, 0.717) is 22.6 Å². The topological polar surface area (TPSA) is 112 Å². The minimum absolute atomic E-state index is 0.0539. The molecule has 0 aliphatic heterocycles. The van der Waals surface area contributed by atoms with Crippen molar-refractivity contribution in [3.8, 4) is 5.75 Å². The Hall–Kier alpha value is -2.85. The third-order valence-corrected chi connectivity index (χ3v) is 7.77. The van der Waals surface area contributed by atoms with E-state index in [1.807, 2.05) is 26.0 Å². The van der Waals surface area contributed by atoms with E-state index in [0.717, 1.165) is 40.8 Å². The van der Waals surface area contributed by atoms with Gasteiger partial charge in [-0.1, -0.05) is 29.5 Å². The van der Waals surface area contributed by atoms with Crippen molar-refractivity contribution in [3.05, 3.63) is 61.8 Å². The lowest BCUT2D eigenvalue weighted by molar-refractivity contribution is 0.289.